The maximum atomic E-state index is 4.55. The highest BCUT2D eigenvalue weighted by Gasteiger charge is 2.07. The van der Waals surface area contributed by atoms with Crippen molar-refractivity contribution < 1.29 is 0 Å². The van der Waals surface area contributed by atoms with Gasteiger partial charge in [0, 0.05) is 17.3 Å². The number of aromatic nitrogens is 1. The Morgan fingerprint density at radius 1 is 1.00 bits per heavy atom. The zero-order valence-electron chi connectivity index (χ0n) is 10.5. The number of benzene rings is 1. The summed E-state index contributed by atoms with van der Waals surface area (Å²) in [6, 6.07) is 8.73. The Bertz CT molecular complexity index is 498. The summed E-state index contributed by atoms with van der Waals surface area (Å²) < 4.78 is 0. The summed E-state index contributed by atoms with van der Waals surface area (Å²) in [7, 11) is 0. The van der Waals surface area contributed by atoms with Crippen LogP contribution in [0.4, 0.5) is 0 Å². The zero-order chi connectivity index (χ0) is 11.7. The Hall–Kier alpha value is -1.37. The van der Waals surface area contributed by atoms with Crippen LogP contribution in [0.15, 0.2) is 30.5 Å². The van der Waals surface area contributed by atoms with Gasteiger partial charge in [-0.1, -0.05) is 45.9 Å². The van der Waals surface area contributed by atoms with Crippen LogP contribution in [-0.4, -0.2) is 4.98 Å². The number of hydrogen-bond donors (Lipinski definition) is 0. The molecule has 0 fully saturated rings. The minimum atomic E-state index is 0.493. The molecule has 1 nitrogen and oxygen atoms in total. The molecule has 0 atom stereocenters. The first-order valence-electron chi connectivity index (χ1n) is 5.98. The first kappa shape index (κ1) is 11.1. The highest BCUT2D eigenvalue weighted by molar-refractivity contribution is 5.85. The fourth-order valence-electron chi connectivity index (χ4n) is 2.03. The summed E-state index contributed by atoms with van der Waals surface area (Å²) in [4.78, 5) is 4.55. The third-order valence-electron chi connectivity index (χ3n) is 3.03. The van der Waals surface area contributed by atoms with Crippen molar-refractivity contribution >= 4 is 10.8 Å². The summed E-state index contributed by atoms with van der Waals surface area (Å²) in [6.07, 6.45) is 2.03. The van der Waals surface area contributed by atoms with E-state index in [1.807, 2.05) is 6.20 Å². The summed E-state index contributed by atoms with van der Waals surface area (Å²) in [5.74, 6) is 1.04. The fraction of sp³-hybridized carbons (Fsp3) is 0.400. The van der Waals surface area contributed by atoms with E-state index < -0.39 is 0 Å². The smallest absolute Gasteiger partial charge is 0.0435 e. The first-order chi connectivity index (χ1) is 7.59. The number of rotatable bonds is 2. The van der Waals surface area contributed by atoms with Crippen LogP contribution < -0.4 is 0 Å². The van der Waals surface area contributed by atoms with Gasteiger partial charge in [0.2, 0.25) is 0 Å². The molecule has 1 aromatic carbocycles. The highest BCUT2D eigenvalue weighted by atomic mass is 14.7. The lowest BCUT2D eigenvalue weighted by Crippen LogP contribution is -1.95. The van der Waals surface area contributed by atoms with Gasteiger partial charge in [0.25, 0.3) is 0 Å². The van der Waals surface area contributed by atoms with Crippen molar-refractivity contribution in [2.45, 2.75) is 39.5 Å². The van der Waals surface area contributed by atoms with E-state index in [0.717, 1.165) is 0 Å². The minimum Gasteiger partial charge on any atom is -0.260 e. The Labute approximate surface area is 97.5 Å². The van der Waals surface area contributed by atoms with Crippen molar-refractivity contribution in [1.29, 1.82) is 0 Å². The number of fused-ring (bicyclic) bond motifs is 1. The SMILES string of the molecule is CC(C)c1cc2cccc(C(C)C)c2cn1. The molecule has 0 aliphatic rings. The van der Waals surface area contributed by atoms with E-state index in [-0.39, 0.29) is 0 Å². The van der Waals surface area contributed by atoms with Crippen molar-refractivity contribution in [2.75, 3.05) is 0 Å². The highest BCUT2D eigenvalue weighted by Crippen LogP contribution is 2.26. The molecule has 1 heterocycles. The molecule has 0 radical (unpaired) electrons. The lowest BCUT2D eigenvalue weighted by molar-refractivity contribution is 0.824. The lowest BCUT2D eigenvalue weighted by atomic mass is 9.96. The molecule has 16 heavy (non-hydrogen) atoms. The molecule has 0 aliphatic heterocycles. The number of pyridine rings is 1. The van der Waals surface area contributed by atoms with Gasteiger partial charge in [-0.05, 0) is 28.9 Å². The summed E-state index contributed by atoms with van der Waals surface area (Å²) in [5, 5.41) is 2.60. The predicted octanol–water partition coefficient (Wildman–Crippen LogP) is 4.48. The molecule has 0 aliphatic carbocycles. The van der Waals surface area contributed by atoms with Crippen molar-refractivity contribution in [3.63, 3.8) is 0 Å². The summed E-state index contributed by atoms with van der Waals surface area (Å²) >= 11 is 0. The molecule has 0 spiro atoms. The molecule has 0 saturated heterocycles. The molecule has 1 heteroatoms. The van der Waals surface area contributed by atoms with Gasteiger partial charge in [0.05, 0.1) is 0 Å². The van der Waals surface area contributed by atoms with E-state index in [1.54, 1.807) is 0 Å². The summed E-state index contributed by atoms with van der Waals surface area (Å²) in [5.41, 5.74) is 2.56. The molecule has 1 aromatic heterocycles. The second kappa shape index (κ2) is 4.25. The monoisotopic (exact) mass is 213 g/mol. The molecule has 2 rings (SSSR count). The maximum absolute atomic E-state index is 4.55. The van der Waals surface area contributed by atoms with Gasteiger partial charge in [0.15, 0.2) is 0 Å². The zero-order valence-corrected chi connectivity index (χ0v) is 10.5. The van der Waals surface area contributed by atoms with E-state index in [4.69, 9.17) is 0 Å². The van der Waals surface area contributed by atoms with Crippen LogP contribution in [-0.2, 0) is 0 Å². The topological polar surface area (TPSA) is 12.9 Å². The molecule has 0 amide bonds. The van der Waals surface area contributed by atoms with Crippen LogP contribution >= 0.6 is 0 Å². The lowest BCUT2D eigenvalue weighted by Gasteiger charge is -2.11. The number of hydrogen-bond acceptors (Lipinski definition) is 1. The van der Waals surface area contributed by atoms with Crippen molar-refractivity contribution in [1.82, 2.24) is 4.98 Å². The third kappa shape index (κ3) is 1.95. The number of nitrogens with zero attached hydrogens (tertiary/aromatic N) is 1. The van der Waals surface area contributed by atoms with Crippen LogP contribution in [0, 0.1) is 0 Å². The largest absolute Gasteiger partial charge is 0.260 e. The van der Waals surface area contributed by atoms with Crippen LogP contribution in [0.5, 0.6) is 0 Å². The molecule has 0 saturated carbocycles. The van der Waals surface area contributed by atoms with Gasteiger partial charge in [-0.15, -0.1) is 0 Å². The van der Waals surface area contributed by atoms with Gasteiger partial charge in [-0.3, -0.25) is 4.98 Å². The molecule has 0 bridgehead atoms. The molecular formula is C15H19N. The third-order valence-corrected chi connectivity index (χ3v) is 3.03. The van der Waals surface area contributed by atoms with E-state index >= 15 is 0 Å². The quantitative estimate of drug-likeness (QED) is 0.716. The van der Waals surface area contributed by atoms with Crippen LogP contribution in [0.1, 0.15) is 50.8 Å². The van der Waals surface area contributed by atoms with Crippen molar-refractivity contribution in [2.24, 2.45) is 0 Å². The first-order valence-corrected chi connectivity index (χ1v) is 5.98. The molecule has 0 unspecified atom stereocenters. The second-order valence-electron chi connectivity index (χ2n) is 4.99. The Balaban J connectivity index is 2.64. The summed E-state index contributed by atoms with van der Waals surface area (Å²) in [6.45, 7) is 8.82. The van der Waals surface area contributed by atoms with E-state index in [0.29, 0.717) is 11.8 Å². The van der Waals surface area contributed by atoms with Gasteiger partial charge in [0.1, 0.15) is 0 Å². The average molecular weight is 213 g/mol. The van der Waals surface area contributed by atoms with Crippen LogP contribution in [0.25, 0.3) is 10.8 Å². The predicted molar refractivity (Wildman–Crippen MR) is 69.9 cm³/mol. The van der Waals surface area contributed by atoms with Gasteiger partial charge < -0.3 is 0 Å². The minimum absolute atomic E-state index is 0.493. The van der Waals surface area contributed by atoms with E-state index in [1.165, 1.54) is 22.0 Å². The normalized spacial score (nSPS) is 11.6. The standard InChI is InChI=1S/C15H19N/c1-10(2)13-7-5-6-12-8-15(11(3)4)16-9-14(12)13/h5-11H,1-4H3. The van der Waals surface area contributed by atoms with E-state index in [9.17, 15) is 0 Å². The molecule has 0 N–H and O–H groups in total. The van der Waals surface area contributed by atoms with Gasteiger partial charge in [-0.2, -0.15) is 0 Å². The van der Waals surface area contributed by atoms with Gasteiger partial charge in [-0.25, -0.2) is 0 Å². The molecular weight excluding hydrogens is 194 g/mol. The average Bonchev–Trinajstić information content (AvgIpc) is 2.27. The van der Waals surface area contributed by atoms with E-state index in [2.05, 4.69) is 56.9 Å². The van der Waals surface area contributed by atoms with Crippen LogP contribution in [0.3, 0.4) is 0 Å². The maximum Gasteiger partial charge on any atom is 0.0435 e. The van der Waals surface area contributed by atoms with Crippen molar-refractivity contribution in [3.8, 4) is 0 Å². The Morgan fingerprint density at radius 3 is 2.38 bits per heavy atom. The van der Waals surface area contributed by atoms with Crippen LogP contribution in [0.2, 0.25) is 0 Å². The Morgan fingerprint density at radius 2 is 1.75 bits per heavy atom. The van der Waals surface area contributed by atoms with Crippen molar-refractivity contribution in [3.05, 3.63) is 41.7 Å². The Kier molecular flexibility index (Phi) is 2.95. The van der Waals surface area contributed by atoms with Gasteiger partial charge >= 0.3 is 0 Å². The molecule has 2 aromatic rings. The second-order valence-corrected chi connectivity index (χ2v) is 4.99. The molecule has 84 valence electrons. The fourth-order valence-corrected chi connectivity index (χ4v) is 2.03.